The lowest BCUT2D eigenvalue weighted by Gasteiger charge is -2.37. The zero-order chi connectivity index (χ0) is 18.0. The van der Waals surface area contributed by atoms with Crippen LogP contribution in [0, 0.1) is 6.92 Å². The first-order valence-electron chi connectivity index (χ1n) is 8.13. The average molecular weight is 361 g/mol. The molecule has 1 saturated heterocycles. The molecule has 0 bridgehead atoms. The van der Waals surface area contributed by atoms with Gasteiger partial charge in [0.25, 0.3) is 0 Å². The van der Waals surface area contributed by atoms with Gasteiger partial charge in [0.1, 0.15) is 11.5 Å². The number of benzene rings is 2. The average Bonchev–Trinajstić information content (AvgIpc) is 2.62. The molecule has 1 aliphatic heterocycles. The minimum Gasteiger partial charge on any atom is -0.497 e. The van der Waals surface area contributed by atoms with Gasteiger partial charge in [-0.1, -0.05) is 23.7 Å². The van der Waals surface area contributed by atoms with E-state index < -0.39 is 0 Å². The second-order valence-electron chi connectivity index (χ2n) is 5.88. The predicted molar refractivity (Wildman–Crippen MR) is 100 cm³/mol. The minimum absolute atomic E-state index is 0.106. The Balaban J connectivity index is 1.98. The summed E-state index contributed by atoms with van der Waals surface area (Å²) in [5.41, 5.74) is 2.47. The maximum atomic E-state index is 13.2. The normalized spacial score (nSPS) is 14.6. The molecule has 1 heterocycles. The summed E-state index contributed by atoms with van der Waals surface area (Å²) in [6.07, 6.45) is 0.839. The molecule has 0 spiro atoms. The van der Waals surface area contributed by atoms with Gasteiger partial charge in [-0.2, -0.15) is 0 Å². The number of anilines is 2. The van der Waals surface area contributed by atoms with Gasteiger partial charge in [-0.05, 0) is 37.1 Å². The Morgan fingerprint density at radius 2 is 1.80 bits per heavy atom. The summed E-state index contributed by atoms with van der Waals surface area (Å²) in [5, 5.41) is 0.580. The fourth-order valence-corrected chi connectivity index (χ4v) is 3.45. The van der Waals surface area contributed by atoms with E-state index in [-0.39, 0.29) is 6.03 Å². The molecule has 0 radical (unpaired) electrons. The number of carbonyl (C=O) groups excluding carboxylic acids is 1. The topological polar surface area (TPSA) is 42.0 Å². The lowest BCUT2D eigenvalue weighted by atomic mass is 10.1. The Morgan fingerprint density at radius 1 is 1.04 bits per heavy atom. The molecule has 5 nitrogen and oxygen atoms in total. The number of hydrogen-bond donors (Lipinski definition) is 0. The van der Waals surface area contributed by atoms with Crippen LogP contribution in [-0.4, -0.2) is 33.3 Å². The number of aryl methyl sites for hydroxylation is 1. The van der Waals surface area contributed by atoms with Crippen LogP contribution in [0.25, 0.3) is 0 Å². The van der Waals surface area contributed by atoms with Gasteiger partial charge in [0.2, 0.25) is 0 Å². The standard InChI is InChI=1S/C19H21ClN2O3/c1-13-6-4-7-15(20)18(13)22-11-5-10-21(19(22)23)16-9-8-14(24-2)12-17(16)25-3/h4,6-9,12H,5,10-11H2,1-3H3. The second-order valence-corrected chi connectivity index (χ2v) is 6.29. The van der Waals surface area contributed by atoms with Gasteiger partial charge in [0.05, 0.1) is 30.6 Å². The summed E-state index contributed by atoms with van der Waals surface area (Å²) >= 11 is 6.37. The SMILES string of the molecule is COc1ccc(N2CCCN(c3c(C)cccc3Cl)C2=O)c(OC)c1. The number of halogens is 1. The van der Waals surface area contributed by atoms with Crippen molar-refractivity contribution in [3.05, 3.63) is 47.0 Å². The molecule has 25 heavy (non-hydrogen) atoms. The molecule has 2 aromatic rings. The molecule has 0 unspecified atom stereocenters. The fraction of sp³-hybridized carbons (Fsp3) is 0.316. The van der Waals surface area contributed by atoms with Crippen LogP contribution in [-0.2, 0) is 0 Å². The van der Waals surface area contributed by atoms with E-state index in [1.807, 2.05) is 37.3 Å². The lowest BCUT2D eigenvalue weighted by molar-refractivity contribution is 0.248. The van der Waals surface area contributed by atoms with Crippen molar-refractivity contribution in [3.63, 3.8) is 0 Å². The fourth-order valence-electron chi connectivity index (χ4n) is 3.13. The minimum atomic E-state index is -0.106. The number of hydrogen-bond acceptors (Lipinski definition) is 3. The van der Waals surface area contributed by atoms with Crippen LogP contribution in [0.1, 0.15) is 12.0 Å². The van der Waals surface area contributed by atoms with E-state index in [9.17, 15) is 4.79 Å². The van der Waals surface area contributed by atoms with Gasteiger partial charge in [0, 0.05) is 19.2 Å². The van der Waals surface area contributed by atoms with Gasteiger partial charge >= 0.3 is 6.03 Å². The van der Waals surface area contributed by atoms with Crippen molar-refractivity contribution < 1.29 is 14.3 Å². The molecule has 6 heteroatoms. The zero-order valence-corrected chi connectivity index (χ0v) is 15.3. The molecule has 132 valence electrons. The van der Waals surface area contributed by atoms with Gasteiger partial charge in [-0.25, -0.2) is 4.79 Å². The van der Waals surface area contributed by atoms with Crippen molar-refractivity contribution in [2.24, 2.45) is 0 Å². The quantitative estimate of drug-likeness (QED) is 0.806. The largest absolute Gasteiger partial charge is 0.497 e. The van der Waals surface area contributed by atoms with E-state index in [0.29, 0.717) is 29.6 Å². The highest BCUT2D eigenvalue weighted by Crippen LogP contribution is 2.37. The smallest absolute Gasteiger partial charge is 0.329 e. The van der Waals surface area contributed by atoms with Gasteiger partial charge < -0.3 is 9.47 Å². The van der Waals surface area contributed by atoms with Crippen LogP contribution in [0.3, 0.4) is 0 Å². The molecular weight excluding hydrogens is 340 g/mol. The molecule has 0 saturated carbocycles. The van der Waals surface area contributed by atoms with Crippen LogP contribution in [0.5, 0.6) is 11.5 Å². The monoisotopic (exact) mass is 360 g/mol. The van der Waals surface area contributed by atoms with Crippen molar-refractivity contribution in [3.8, 4) is 11.5 Å². The number of methoxy groups -OCH3 is 2. The van der Waals surface area contributed by atoms with Gasteiger partial charge in [-0.15, -0.1) is 0 Å². The molecule has 1 aliphatic rings. The third-order valence-electron chi connectivity index (χ3n) is 4.36. The summed E-state index contributed by atoms with van der Waals surface area (Å²) in [7, 11) is 3.19. The molecular formula is C19H21ClN2O3. The number of carbonyl (C=O) groups is 1. The lowest BCUT2D eigenvalue weighted by Crippen LogP contribution is -2.50. The van der Waals surface area contributed by atoms with Crippen LogP contribution in [0.15, 0.2) is 36.4 Å². The van der Waals surface area contributed by atoms with Crippen molar-refractivity contribution in [2.45, 2.75) is 13.3 Å². The Labute approximate surface area is 152 Å². The number of rotatable bonds is 4. The third kappa shape index (κ3) is 3.24. The summed E-state index contributed by atoms with van der Waals surface area (Å²) in [5.74, 6) is 1.29. The van der Waals surface area contributed by atoms with Gasteiger partial charge in [0.15, 0.2) is 0 Å². The van der Waals surface area contributed by atoms with Crippen LogP contribution >= 0.6 is 11.6 Å². The molecule has 2 amide bonds. The number of urea groups is 1. The van der Waals surface area contributed by atoms with Crippen molar-refractivity contribution >= 4 is 29.0 Å². The van der Waals surface area contributed by atoms with Crippen molar-refractivity contribution in [1.29, 1.82) is 0 Å². The van der Waals surface area contributed by atoms with E-state index in [1.165, 1.54) is 0 Å². The van der Waals surface area contributed by atoms with Crippen LogP contribution < -0.4 is 19.3 Å². The van der Waals surface area contributed by atoms with Crippen LogP contribution in [0.4, 0.5) is 16.2 Å². The molecule has 3 rings (SSSR count). The molecule has 1 fully saturated rings. The summed E-state index contributed by atoms with van der Waals surface area (Å²) in [6.45, 7) is 3.22. The van der Waals surface area contributed by atoms with Crippen LogP contribution in [0.2, 0.25) is 5.02 Å². The Morgan fingerprint density at radius 3 is 2.48 bits per heavy atom. The highest BCUT2D eigenvalue weighted by Gasteiger charge is 2.31. The van der Waals surface area contributed by atoms with E-state index in [2.05, 4.69) is 0 Å². The number of amides is 2. The Bertz CT molecular complexity index is 774. The molecule has 2 aromatic carbocycles. The third-order valence-corrected chi connectivity index (χ3v) is 4.67. The summed E-state index contributed by atoms with van der Waals surface area (Å²) < 4.78 is 10.7. The second kappa shape index (κ2) is 7.23. The van der Waals surface area contributed by atoms with Crippen molar-refractivity contribution in [2.75, 3.05) is 37.1 Å². The number of para-hydroxylation sites is 1. The molecule has 0 N–H and O–H groups in total. The highest BCUT2D eigenvalue weighted by molar-refractivity contribution is 6.34. The van der Waals surface area contributed by atoms with E-state index in [1.54, 1.807) is 30.1 Å². The predicted octanol–water partition coefficient (Wildman–Crippen LogP) is 4.50. The summed E-state index contributed by atoms with van der Waals surface area (Å²) in [4.78, 5) is 16.6. The van der Waals surface area contributed by atoms with E-state index >= 15 is 0 Å². The van der Waals surface area contributed by atoms with Crippen molar-refractivity contribution in [1.82, 2.24) is 0 Å². The summed E-state index contributed by atoms with van der Waals surface area (Å²) in [6, 6.07) is 11.0. The first-order valence-corrected chi connectivity index (χ1v) is 8.50. The van der Waals surface area contributed by atoms with E-state index in [4.69, 9.17) is 21.1 Å². The molecule has 0 aliphatic carbocycles. The number of nitrogens with zero attached hydrogens (tertiary/aromatic N) is 2. The van der Waals surface area contributed by atoms with Gasteiger partial charge in [-0.3, -0.25) is 9.80 Å². The first kappa shape index (κ1) is 17.4. The number of ether oxygens (including phenoxy) is 2. The molecule has 0 atom stereocenters. The van der Waals surface area contributed by atoms with E-state index in [0.717, 1.165) is 23.4 Å². The maximum absolute atomic E-state index is 13.2. The molecule has 0 aromatic heterocycles. The highest BCUT2D eigenvalue weighted by atomic mass is 35.5. The maximum Gasteiger partial charge on any atom is 0.329 e. The zero-order valence-electron chi connectivity index (χ0n) is 14.6. The Hall–Kier alpha value is -2.40. The Kier molecular flexibility index (Phi) is 5.04. The first-order chi connectivity index (χ1) is 12.1.